The van der Waals surface area contributed by atoms with Crippen molar-refractivity contribution in [3.8, 4) is 0 Å². The fourth-order valence-electron chi connectivity index (χ4n) is 0.498. The second-order valence-corrected chi connectivity index (χ2v) is 2.72. The van der Waals surface area contributed by atoms with E-state index in [1.165, 1.54) is 0 Å². The summed E-state index contributed by atoms with van der Waals surface area (Å²) in [6, 6.07) is 0. The quantitative estimate of drug-likeness (QED) is 0.351. The van der Waals surface area contributed by atoms with Crippen molar-refractivity contribution in [2.24, 2.45) is 5.73 Å². The van der Waals surface area contributed by atoms with Crippen LogP contribution in [0.4, 0.5) is 0 Å². The zero-order valence-corrected chi connectivity index (χ0v) is 5.90. The molecule has 1 atom stereocenters. The average molecular weight is 178 g/mol. The summed E-state index contributed by atoms with van der Waals surface area (Å²) < 4.78 is 0. The highest BCUT2D eigenvalue weighted by atomic mass is 79.9. The molecular weight excluding hydrogens is 170 g/mol. The molecule has 1 heterocycles. The molecule has 46 valence electrons. The van der Waals surface area contributed by atoms with Gasteiger partial charge in [-0.05, 0) is 0 Å². The van der Waals surface area contributed by atoms with E-state index in [9.17, 15) is 0 Å². The minimum absolute atomic E-state index is 0.315. The molecule has 0 saturated carbocycles. The predicted octanol–water partition coefficient (Wildman–Crippen LogP) is -0.342. The van der Waals surface area contributed by atoms with E-state index in [0.717, 1.165) is 6.54 Å². The lowest BCUT2D eigenvalue weighted by molar-refractivity contribution is 0.651. The summed E-state index contributed by atoms with van der Waals surface area (Å²) >= 11 is 3.34. The largest absolute Gasteiger partial charge is 0.384 e. The topological polar surface area (TPSA) is 50.1 Å². The van der Waals surface area contributed by atoms with Crippen molar-refractivity contribution in [2.45, 2.75) is 4.95 Å². The molecule has 4 heteroatoms. The number of nitrogens with one attached hydrogen (secondary N) is 2. The second kappa shape index (κ2) is 2.26. The van der Waals surface area contributed by atoms with E-state index in [4.69, 9.17) is 5.73 Å². The molecule has 0 fully saturated rings. The first kappa shape index (κ1) is 5.75. The maximum absolute atomic E-state index is 5.36. The third-order valence-electron chi connectivity index (χ3n) is 0.905. The van der Waals surface area contributed by atoms with E-state index in [2.05, 4.69) is 26.6 Å². The van der Waals surface area contributed by atoms with Gasteiger partial charge in [-0.15, -0.1) is 0 Å². The Morgan fingerprint density at radius 3 is 3.00 bits per heavy atom. The van der Waals surface area contributed by atoms with Gasteiger partial charge >= 0.3 is 0 Å². The van der Waals surface area contributed by atoms with Crippen molar-refractivity contribution in [2.75, 3.05) is 6.54 Å². The Morgan fingerprint density at radius 1 is 1.88 bits per heavy atom. The molecule has 1 aliphatic heterocycles. The number of rotatable bonds is 0. The third kappa shape index (κ3) is 1.30. The molecular formula is C4H8BrN3. The summed E-state index contributed by atoms with van der Waals surface area (Å²) in [5.74, 6) is 0.695. The Kier molecular flexibility index (Phi) is 1.62. The van der Waals surface area contributed by atoms with Crippen LogP contribution in [0, 0.1) is 0 Å². The lowest BCUT2D eigenvalue weighted by atomic mass is 10.5. The van der Waals surface area contributed by atoms with E-state index < -0.39 is 0 Å². The molecule has 0 aromatic heterocycles. The second-order valence-electron chi connectivity index (χ2n) is 1.61. The average Bonchev–Trinajstić information content (AvgIpc) is 1.77. The minimum atomic E-state index is 0.315. The zero-order chi connectivity index (χ0) is 5.98. The van der Waals surface area contributed by atoms with E-state index >= 15 is 0 Å². The van der Waals surface area contributed by atoms with Gasteiger partial charge < -0.3 is 16.4 Å². The first-order valence-electron chi connectivity index (χ1n) is 2.38. The summed E-state index contributed by atoms with van der Waals surface area (Å²) in [6.45, 7) is 0.836. The van der Waals surface area contributed by atoms with Gasteiger partial charge in [0.25, 0.3) is 0 Å². The van der Waals surface area contributed by atoms with Crippen LogP contribution in [0.15, 0.2) is 12.0 Å². The first-order chi connectivity index (χ1) is 3.79. The molecule has 1 unspecified atom stereocenters. The van der Waals surface area contributed by atoms with E-state index in [-0.39, 0.29) is 0 Å². The molecule has 0 radical (unpaired) electrons. The van der Waals surface area contributed by atoms with Gasteiger partial charge in [0.1, 0.15) is 5.82 Å². The smallest absolute Gasteiger partial charge is 0.112 e. The van der Waals surface area contributed by atoms with Crippen molar-refractivity contribution in [1.82, 2.24) is 10.6 Å². The molecule has 0 aromatic carbocycles. The van der Waals surface area contributed by atoms with Gasteiger partial charge in [0.2, 0.25) is 0 Å². The molecule has 0 aliphatic carbocycles. The molecule has 0 bridgehead atoms. The van der Waals surface area contributed by atoms with Crippen LogP contribution in [0.25, 0.3) is 0 Å². The molecule has 3 nitrogen and oxygen atoms in total. The highest BCUT2D eigenvalue weighted by Gasteiger charge is 2.04. The molecule has 4 N–H and O–H groups in total. The lowest BCUT2D eigenvalue weighted by Crippen LogP contribution is -2.39. The van der Waals surface area contributed by atoms with Gasteiger partial charge in [-0.2, -0.15) is 0 Å². The molecule has 0 spiro atoms. The highest BCUT2D eigenvalue weighted by Crippen LogP contribution is 1.96. The summed E-state index contributed by atoms with van der Waals surface area (Å²) in [6.07, 6.45) is 1.74. The van der Waals surface area contributed by atoms with Crippen LogP contribution in [0.2, 0.25) is 0 Å². The van der Waals surface area contributed by atoms with Crippen LogP contribution in [0.5, 0.6) is 0 Å². The van der Waals surface area contributed by atoms with Crippen LogP contribution in [-0.2, 0) is 0 Å². The molecule has 8 heavy (non-hydrogen) atoms. The van der Waals surface area contributed by atoms with E-state index in [1.807, 2.05) is 0 Å². The molecule has 1 aliphatic rings. The maximum atomic E-state index is 5.36. The predicted molar refractivity (Wildman–Crippen MR) is 36.1 cm³/mol. The van der Waals surface area contributed by atoms with Crippen molar-refractivity contribution < 1.29 is 0 Å². The van der Waals surface area contributed by atoms with Crippen molar-refractivity contribution in [3.63, 3.8) is 0 Å². The monoisotopic (exact) mass is 177 g/mol. The summed E-state index contributed by atoms with van der Waals surface area (Å²) in [4.78, 5) is 0.315. The van der Waals surface area contributed by atoms with E-state index in [0.29, 0.717) is 10.8 Å². The molecule has 0 aromatic rings. The Labute approximate surface area is 56.4 Å². The van der Waals surface area contributed by atoms with Crippen molar-refractivity contribution in [3.05, 3.63) is 12.0 Å². The van der Waals surface area contributed by atoms with Gasteiger partial charge in [0.15, 0.2) is 0 Å². The zero-order valence-electron chi connectivity index (χ0n) is 4.32. The maximum Gasteiger partial charge on any atom is 0.112 e. The molecule has 0 saturated heterocycles. The van der Waals surface area contributed by atoms with Crippen LogP contribution >= 0.6 is 15.9 Å². The number of hydrogen-bond acceptors (Lipinski definition) is 3. The van der Waals surface area contributed by atoms with Crippen molar-refractivity contribution in [1.29, 1.82) is 0 Å². The fourth-order valence-corrected chi connectivity index (χ4v) is 0.792. The SMILES string of the molecule is NC1=CNC(Br)CN1. The Morgan fingerprint density at radius 2 is 2.62 bits per heavy atom. The van der Waals surface area contributed by atoms with Crippen LogP contribution < -0.4 is 16.4 Å². The Hall–Kier alpha value is -0.380. The Bertz CT molecular complexity index is 112. The lowest BCUT2D eigenvalue weighted by Gasteiger charge is -2.18. The summed E-state index contributed by atoms with van der Waals surface area (Å²) in [5, 5.41) is 5.96. The van der Waals surface area contributed by atoms with E-state index in [1.54, 1.807) is 6.20 Å². The van der Waals surface area contributed by atoms with Crippen molar-refractivity contribution >= 4 is 15.9 Å². The third-order valence-corrected chi connectivity index (χ3v) is 1.49. The highest BCUT2D eigenvalue weighted by molar-refractivity contribution is 9.09. The molecule has 0 amide bonds. The number of nitrogens with two attached hydrogens (primary N) is 1. The summed E-state index contributed by atoms with van der Waals surface area (Å²) in [7, 11) is 0. The van der Waals surface area contributed by atoms with Gasteiger partial charge in [-0.1, -0.05) is 15.9 Å². The van der Waals surface area contributed by atoms with Gasteiger partial charge in [0, 0.05) is 12.7 Å². The molecule has 1 rings (SSSR count). The standard InChI is InChI=1S/C4H8BrN3/c5-3-1-8-4(6)2-7-3/h2-3,7-8H,1,6H2. The van der Waals surface area contributed by atoms with Gasteiger partial charge in [0.05, 0.1) is 4.95 Å². The summed E-state index contributed by atoms with van der Waals surface area (Å²) in [5.41, 5.74) is 5.36. The van der Waals surface area contributed by atoms with Crippen LogP contribution in [0.1, 0.15) is 0 Å². The minimum Gasteiger partial charge on any atom is -0.384 e. The van der Waals surface area contributed by atoms with Crippen LogP contribution in [0.3, 0.4) is 0 Å². The normalized spacial score (nSPS) is 27.6. The van der Waals surface area contributed by atoms with Crippen LogP contribution in [-0.4, -0.2) is 11.5 Å². The fraction of sp³-hybridized carbons (Fsp3) is 0.500. The number of alkyl halides is 1. The van der Waals surface area contributed by atoms with Gasteiger partial charge in [-0.3, -0.25) is 0 Å². The van der Waals surface area contributed by atoms with Gasteiger partial charge in [-0.25, -0.2) is 0 Å². The first-order valence-corrected chi connectivity index (χ1v) is 3.30. The number of halogens is 1. The Balaban J connectivity index is 2.42. The number of hydrogen-bond donors (Lipinski definition) is 3.